The quantitative estimate of drug-likeness (QED) is 0.738. The Labute approximate surface area is 149 Å². The van der Waals surface area contributed by atoms with Crippen molar-refractivity contribution in [1.29, 1.82) is 0 Å². The molecule has 0 radical (unpaired) electrons. The van der Waals surface area contributed by atoms with Gasteiger partial charge in [-0.2, -0.15) is 0 Å². The van der Waals surface area contributed by atoms with Crippen LogP contribution in [0.25, 0.3) is 0 Å². The van der Waals surface area contributed by atoms with Gasteiger partial charge in [0.1, 0.15) is 5.82 Å². The molecule has 0 bridgehead atoms. The molecule has 0 saturated heterocycles. The lowest BCUT2D eigenvalue weighted by Gasteiger charge is -2.35. The predicted octanol–water partition coefficient (Wildman–Crippen LogP) is 2.99. The zero-order valence-electron chi connectivity index (χ0n) is 15.3. The fourth-order valence-corrected chi connectivity index (χ4v) is 3.66. The maximum absolute atomic E-state index is 13.2. The zero-order chi connectivity index (χ0) is 18.4. The monoisotopic (exact) mass is 352 g/mol. The molecule has 5 nitrogen and oxygen atoms in total. The number of nitrogens with zero attached hydrogens (tertiary/aromatic N) is 1. The molecule has 0 aromatic carbocycles. The second-order valence-corrected chi connectivity index (χ2v) is 7.66. The van der Waals surface area contributed by atoms with Crippen LogP contribution in [0.4, 0.5) is 4.39 Å². The molecule has 1 aliphatic carbocycles. The fourth-order valence-electron chi connectivity index (χ4n) is 3.66. The van der Waals surface area contributed by atoms with Crippen LogP contribution < -0.4 is 5.32 Å². The van der Waals surface area contributed by atoms with E-state index in [1.165, 1.54) is 19.4 Å². The minimum absolute atomic E-state index is 0.0413. The first-order valence-electron chi connectivity index (χ1n) is 8.92. The van der Waals surface area contributed by atoms with Gasteiger partial charge in [0.05, 0.1) is 25.3 Å². The van der Waals surface area contributed by atoms with E-state index in [1.54, 1.807) is 0 Å². The molecule has 0 spiro atoms. The van der Waals surface area contributed by atoms with E-state index in [-0.39, 0.29) is 17.4 Å². The molecular weight excluding hydrogens is 323 g/mol. The summed E-state index contributed by atoms with van der Waals surface area (Å²) in [5.74, 6) is 0.0526. The molecule has 140 valence electrons. The van der Waals surface area contributed by atoms with Gasteiger partial charge in [0, 0.05) is 23.8 Å². The highest BCUT2D eigenvalue weighted by molar-refractivity contribution is 5.72. The fraction of sp³-hybridized carbons (Fsp3) is 0.684. The summed E-state index contributed by atoms with van der Waals surface area (Å²) in [6.45, 7) is 4.56. The van der Waals surface area contributed by atoms with E-state index in [4.69, 9.17) is 4.74 Å². The van der Waals surface area contributed by atoms with Crippen molar-refractivity contribution in [3.63, 3.8) is 0 Å². The van der Waals surface area contributed by atoms with E-state index >= 15 is 0 Å². The lowest BCUT2D eigenvalue weighted by molar-refractivity contribution is -0.146. The number of pyridine rings is 1. The summed E-state index contributed by atoms with van der Waals surface area (Å²) in [4.78, 5) is 15.4. The largest absolute Gasteiger partial charge is 0.469 e. The van der Waals surface area contributed by atoms with Gasteiger partial charge in [-0.3, -0.25) is 9.78 Å². The van der Waals surface area contributed by atoms with Gasteiger partial charge in [-0.1, -0.05) is 0 Å². The second kappa shape index (κ2) is 8.72. The molecule has 1 aliphatic rings. The lowest BCUT2D eigenvalue weighted by atomic mass is 9.76. The van der Waals surface area contributed by atoms with Crippen LogP contribution in [0.5, 0.6) is 0 Å². The summed E-state index contributed by atoms with van der Waals surface area (Å²) in [6.07, 6.45) is 6.57. The van der Waals surface area contributed by atoms with Crippen molar-refractivity contribution in [2.45, 2.75) is 57.6 Å². The topological polar surface area (TPSA) is 71.5 Å². The van der Waals surface area contributed by atoms with Gasteiger partial charge in [0.15, 0.2) is 0 Å². The summed E-state index contributed by atoms with van der Waals surface area (Å²) in [5, 5.41) is 13.6. The van der Waals surface area contributed by atoms with Gasteiger partial charge in [-0.15, -0.1) is 0 Å². The first kappa shape index (κ1) is 19.8. The Morgan fingerprint density at radius 3 is 2.68 bits per heavy atom. The highest BCUT2D eigenvalue weighted by atomic mass is 19.1. The minimum atomic E-state index is -0.794. The van der Waals surface area contributed by atoms with Crippen LogP contribution in [0, 0.1) is 17.7 Å². The van der Waals surface area contributed by atoms with Gasteiger partial charge in [-0.25, -0.2) is 4.39 Å². The summed E-state index contributed by atoms with van der Waals surface area (Å²) in [7, 11) is 1.45. The van der Waals surface area contributed by atoms with E-state index < -0.39 is 11.9 Å². The van der Waals surface area contributed by atoms with E-state index in [0.717, 1.165) is 38.3 Å². The number of hydrogen-bond acceptors (Lipinski definition) is 5. The molecule has 0 aliphatic heterocycles. The van der Waals surface area contributed by atoms with Crippen LogP contribution in [-0.4, -0.2) is 35.3 Å². The Morgan fingerprint density at radius 2 is 2.08 bits per heavy atom. The van der Waals surface area contributed by atoms with E-state index in [1.807, 2.05) is 0 Å². The number of halogens is 1. The third-order valence-electron chi connectivity index (χ3n) is 5.07. The number of carbonyl (C=O) groups excluding carboxylic acids is 1. The second-order valence-electron chi connectivity index (χ2n) is 7.66. The molecule has 2 N–H and O–H groups in total. The number of aliphatic hydroxyl groups is 1. The van der Waals surface area contributed by atoms with Crippen molar-refractivity contribution < 1.29 is 19.0 Å². The lowest BCUT2D eigenvalue weighted by Crippen LogP contribution is -2.43. The molecule has 1 aromatic heterocycles. The summed E-state index contributed by atoms with van der Waals surface area (Å²) in [5.41, 5.74) is 0.326. The Hall–Kier alpha value is -1.53. The number of aromatic nitrogens is 1. The molecule has 6 heteroatoms. The van der Waals surface area contributed by atoms with E-state index in [2.05, 4.69) is 24.1 Å². The van der Waals surface area contributed by atoms with Gasteiger partial charge in [0.2, 0.25) is 0 Å². The van der Waals surface area contributed by atoms with Crippen LogP contribution >= 0.6 is 0 Å². The SMILES string of the molecule is COC(=O)C1CCC(CC(C)(C)NCC(O)c2cncc(F)c2)CC1. The van der Waals surface area contributed by atoms with Gasteiger partial charge < -0.3 is 15.2 Å². The summed E-state index contributed by atoms with van der Waals surface area (Å²) >= 11 is 0. The molecule has 1 atom stereocenters. The zero-order valence-corrected chi connectivity index (χ0v) is 15.3. The highest BCUT2D eigenvalue weighted by Crippen LogP contribution is 2.34. The standard InChI is InChI=1S/C19H29FN2O3/c1-19(2,9-13-4-6-14(7-5-13)18(24)25-3)22-12-17(23)15-8-16(20)11-21-10-15/h8,10-11,13-14,17,22-23H,4-7,9,12H2,1-3H3. The smallest absolute Gasteiger partial charge is 0.308 e. The van der Waals surface area contributed by atoms with E-state index in [9.17, 15) is 14.3 Å². The number of ether oxygens (including phenoxy) is 1. The molecule has 1 fully saturated rings. The number of carbonyl (C=O) groups is 1. The highest BCUT2D eigenvalue weighted by Gasteiger charge is 2.30. The van der Waals surface area contributed by atoms with Crippen LogP contribution in [0.2, 0.25) is 0 Å². The Bertz CT molecular complexity index is 572. The normalized spacial score (nSPS) is 22.4. The van der Waals surface area contributed by atoms with Crippen molar-refractivity contribution >= 4 is 5.97 Å². The van der Waals surface area contributed by atoms with Crippen LogP contribution in [0.1, 0.15) is 57.6 Å². The van der Waals surface area contributed by atoms with Crippen molar-refractivity contribution in [3.05, 3.63) is 29.8 Å². The van der Waals surface area contributed by atoms with Gasteiger partial charge in [0.25, 0.3) is 0 Å². The maximum Gasteiger partial charge on any atom is 0.308 e. The number of β-amino-alcohol motifs (C(OH)–C–C–N with tert-alkyl or cyclic N) is 1. The average Bonchev–Trinajstić information content (AvgIpc) is 2.59. The Kier molecular flexibility index (Phi) is 6.90. The van der Waals surface area contributed by atoms with Crippen LogP contribution in [-0.2, 0) is 9.53 Å². The molecule has 1 saturated carbocycles. The number of esters is 1. The maximum atomic E-state index is 13.2. The molecule has 25 heavy (non-hydrogen) atoms. The number of aliphatic hydroxyl groups excluding tert-OH is 1. The molecule has 1 aromatic rings. The number of nitrogens with one attached hydrogen (secondary N) is 1. The van der Waals surface area contributed by atoms with Crippen molar-refractivity contribution in [3.8, 4) is 0 Å². The number of methoxy groups -OCH3 is 1. The van der Waals surface area contributed by atoms with Crippen molar-refractivity contribution in [2.75, 3.05) is 13.7 Å². The average molecular weight is 352 g/mol. The van der Waals surface area contributed by atoms with E-state index in [0.29, 0.717) is 18.0 Å². The molecule has 2 rings (SSSR count). The van der Waals surface area contributed by atoms with Gasteiger partial charge >= 0.3 is 5.97 Å². The number of rotatable bonds is 7. The number of hydrogen-bond donors (Lipinski definition) is 2. The Morgan fingerprint density at radius 1 is 1.40 bits per heavy atom. The third-order valence-corrected chi connectivity index (χ3v) is 5.07. The molecular formula is C19H29FN2O3. The summed E-state index contributed by atoms with van der Waals surface area (Å²) in [6, 6.07) is 1.31. The van der Waals surface area contributed by atoms with Crippen LogP contribution in [0.15, 0.2) is 18.5 Å². The van der Waals surface area contributed by atoms with Crippen molar-refractivity contribution in [1.82, 2.24) is 10.3 Å². The predicted molar refractivity (Wildman–Crippen MR) is 93.3 cm³/mol. The first-order valence-corrected chi connectivity index (χ1v) is 8.92. The minimum Gasteiger partial charge on any atom is -0.469 e. The molecule has 1 heterocycles. The summed E-state index contributed by atoms with van der Waals surface area (Å²) < 4.78 is 18.0. The Balaban J connectivity index is 1.79. The van der Waals surface area contributed by atoms with Crippen molar-refractivity contribution in [2.24, 2.45) is 11.8 Å². The van der Waals surface area contributed by atoms with Crippen LogP contribution in [0.3, 0.4) is 0 Å². The van der Waals surface area contributed by atoms with Gasteiger partial charge in [-0.05, 0) is 57.9 Å². The first-order chi connectivity index (χ1) is 11.8. The molecule has 0 amide bonds. The third kappa shape index (κ3) is 6.04. The molecule has 1 unspecified atom stereocenters.